The highest BCUT2D eigenvalue weighted by molar-refractivity contribution is 5.94. The minimum atomic E-state index is -4.76. The number of carbonyl (C=O) groups excluding carboxylic acids is 2. The van der Waals surface area contributed by atoms with Crippen LogP contribution in [0.2, 0.25) is 0 Å². The van der Waals surface area contributed by atoms with Gasteiger partial charge < -0.3 is 15.4 Å². The topological polar surface area (TPSA) is 73.9 Å². The van der Waals surface area contributed by atoms with Crippen LogP contribution in [0.3, 0.4) is 0 Å². The number of para-hydroxylation sites is 1. The second kappa shape index (κ2) is 11.5. The van der Waals surface area contributed by atoms with E-state index in [4.69, 9.17) is 0 Å². The van der Waals surface area contributed by atoms with E-state index in [2.05, 4.69) is 34.1 Å². The molecule has 2 aromatic rings. The Balaban J connectivity index is 1.42. The zero-order chi connectivity index (χ0) is 25.6. The van der Waals surface area contributed by atoms with Crippen LogP contribution < -0.4 is 15.4 Å². The molecule has 3 rings (SSSR count). The summed E-state index contributed by atoms with van der Waals surface area (Å²) in [7, 11) is 0. The Labute approximate surface area is 203 Å². The van der Waals surface area contributed by atoms with Crippen molar-refractivity contribution in [2.24, 2.45) is 0 Å². The lowest BCUT2D eigenvalue weighted by molar-refractivity contribution is -0.274. The Kier molecular flexibility index (Phi) is 8.74. The Hall–Kier alpha value is -3.11. The van der Waals surface area contributed by atoms with E-state index in [0.717, 1.165) is 28.9 Å². The van der Waals surface area contributed by atoms with Crippen molar-refractivity contribution in [3.8, 4) is 5.75 Å². The molecule has 0 radical (unpaired) electrons. The number of nitrogens with zero attached hydrogens (tertiary/aromatic N) is 2. The van der Waals surface area contributed by atoms with Gasteiger partial charge in [0.25, 0.3) is 0 Å². The second-order valence-corrected chi connectivity index (χ2v) is 8.91. The number of ether oxygens (including phenoxy) is 1. The molecule has 2 amide bonds. The molecular weight excluding hydrogens is 461 g/mol. The summed E-state index contributed by atoms with van der Waals surface area (Å²) in [5, 5.41) is 5.74. The van der Waals surface area contributed by atoms with E-state index in [-0.39, 0.29) is 30.7 Å². The van der Waals surface area contributed by atoms with Crippen LogP contribution >= 0.6 is 0 Å². The zero-order valence-corrected chi connectivity index (χ0v) is 20.1. The number of carbonyl (C=O) groups is 2. The molecule has 2 N–H and O–H groups in total. The quantitative estimate of drug-likeness (QED) is 0.578. The summed E-state index contributed by atoms with van der Waals surface area (Å²) in [5.41, 5.74) is 3.40. The first-order chi connectivity index (χ1) is 16.5. The molecule has 0 saturated carbocycles. The highest BCUT2D eigenvalue weighted by Gasteiger charge is 2.31. The first-order valence-corrected chi connectivity index (χ1v) is 11.5. The number of alkyl halides is 3. The number of rotatable bonds is 8. The molecule has 0 spiro atoms. The van der Waals surface area contributed by atoms with Crippen molar-refractivity contribution < 1.29 is 27.5 Å². The molecule has 2 aromatic carbocycles. The monoisotopic (exact) mass is 492 g/mol. The fourth-order valence-electron chi connectivity index (χ4n) is 3.97. The Bertz CT molecular complexity index is 1020. The van der Waals surface area contributed by atoms with Crippen LogP contribution in [-0.4, -0.2) is 67.2 Å². The molecule has 1 aliphatic heterocycles. The molecule has 0 aliphatic carbocycles. The molecule has 0 atom stereocenters. The molecule has 0 bridgehead atoms. The fraction of sp³-hybridized carbons (Fsp3) is 0.440. The highest BCUT2D eigenvalue weighted by atomic mass is 19.4. The SMILES string of the molecule is Cc1cccc(C(C)C)c1NC(=O)CN1CCN(CC(=O)Nc2ccc(OC(F)(F)F)cc2)CC1. The Morgan fingerprint density at radius 2 is 1.46 bits per heavy atom. The van der Waals surface area contributed by atoms with E-state index in [1.165, 1.54) is 12.1 Å². The van der Waals surface area contributed by atoms with E-state index in [0.29, 0.717) is 37.8 Å². The van der Waals surface area contributed by atoms with E-state index in [1.807, 2.05) is 30.0 Å². The van der Waals surface area contributed by atoms with Gasteiger partial charge in [-0.15, -0.1) is 13.2 Å². The van der Waals surface area contributed by atoms with E-state index in [9.17, 15) is 22.8 Å². The third-order valence-electron chi connectivity index (χ3n) is 5.76. The fourth-order valence-corrected chi connectivity index (χ4v) is 3.97. The van der Waals surface area contributed by atoms with Crippen molar-refractivity contribution in [3.63, 3.8) is 0 Å². The molecule has 1 aliphatic rings. The van der Waals surface area contributed by atoms with Crippen molar-refractivity contribution in [1.29, 1.82) is 0 Å². The van der Waals surface area contributed by atoms with Gasteiger partial charge in [0, 0.05) is 37.6 Å². The summed E-state index contributed by atoms with van der Waals surface area (Å²) in [6, 6.07) is 11.0. The summed E-state index contributed by atoms with van der Waals surface area (Å²) in [6.07, 6.45) is -4.76. The Morgan fingerprint density at radius 3 is 1.97 bits per heavy atom. The van der Waals surface area contributed by atoms with Crippen molar-refractivity contribution in [2.45, 2.75) is 33.1 Å². The third kappa shape index (κ3) is 8.25. The van der Waals surface area contributed by atoms with Crippen molar-refractivity contribution >= 4 is 23.2 Å². The van der Waals surface area contributed by atoms with Crippen LogP contribution in [0, 0.1) is 6.92 Å². The van der Waals surface area contributed by atoms with Crippen molar-refractivity contribution in [2.75, 3.05) is 49.9 Å². The lowest BCUT2D eigenvalue weighted by atomic mass is 9.98. The first kappa shape index (κ1) is 26.5. The maximum absolute atomic E-state index is 12.7. The smallest absolute Gasteiger partial charge is 0.406 e. The van der Waals surface area contributed by atoms with E-state index >= 15 is 0 Å². The maximum Gasteiger partial charge on any atom is 0.573 e. The molecule has 10 heteroatoms. The van der Waals surface area contributed by atoms with Crippen LogP contribution in [0.1, 0.15) is 30.9 Å². The van der Waals surface area contributed by atoms with Gasteiger partial charge in [0.2, 0.25) is 11.8 Å². The first-order valence-electron chi connectivity index (χ1n) is 11.5. The van der Waals surface area contributed by atoms with Gasteiger partial charge in [0.1, 0.15) is 5.75 Å². The van der Waals surface area contributed by atoms with Gasteiger partial charge in [0.05, 0.1) is 13.1 Å². The van der Waals surface area contributed by atoms with Gasteiger partial charge in [-0.1, -0.05) is 32.0 Å². The van der Waals surface area contributed by atoms with E-state index < -0.39 is 6.36 Å². The predicted molar refractivity (Wildman–Crippen MR) is 129 cm³/mol. The standard InChI is InChI=1S/C25H31F3N4O3/c1-17(2)21-6-4-5-18(3)24(21)30-23(34)16-32-13-11-31(12-14-32)15-22(33)29-19-7-9-20(10-8-19)35-25(26,27)28/h4-10,17H,11-16H2,1-3H3,(H,29,33)(H,30,34). The Morgan fingerprint density at radius 1 is 0.914 bits per heavy atom. The molecule has 0 aromatic heterocycles. The van der Waals surface area contributed by atoms with Gasteiger partial charge in [0.15, 0.2) is 0 Å². The molecule has 1 saturated heterocycles. The maximum atomic E-state index is 12.7. The number of aryl methyl sites for hydroxylation is 1. The number of amides is 2. The average molecular weight is 493 g/mol. The van der Waals surface area contributed by atoms with Gasteiger partial charge in [-0.3, -0.25) is 19.4 Å². The average Bonchev–Trinajstić information content (AvgIpc) is 2.76. The summed E-state index contributed by atoms with van der Waals surface area (Å²) in [6.45, 7) is 9.15. The van der Waals surface area contributed by atoms with Gasteiger partial charge in [-0.2, -0.15) is 0 Å². The third-order valence-corrected chi connectivity index (χ3v) is 5.76. The number of piperazine rings is 1. The van der Waals surface area contributed by atoms with Gasteiger partial charge >= 0.3 is 6.36 Å². The van der Waals surface area contributed by atoms with Gasteiger partial charge in [-0.25, -0.2) is 0 Å². The van der Waals surface area contributed by atoms with Crippen LogP contribution in [0.4, 0.5) is 24.5 Å². The minimum Gasteiger partial charge on any atom is -0.406 e. The summed E-state index contributed by atoms with van der Waals surface area (Å²) < 4.78 is 40.6. The molecule has 1 fully saturated rings. The predicted octanol–water partition coefficient (Wildman–Crippen LogP) is 4.21. The van der Waals surface area contributed by atoms with Gasteiger partial charge in [-0.05, 0) is 48.2 Å². The molecule has 0 unspecified atom stereocenters. The van der Waals surface area contributed by atoms with E-state index in [1.54, 1.807) is 0 Å². The molecular formula is C25H31F3N4O3. The number of halogens is 3. The van der Waals surface area contributed by atoms with Crippen LogP contribution in [-0.2, 0) is 9.59 Å². The summed E-state index contributed by atoms with van der Waals surface area (Å²) in [5.74, 6) is -0.378. The van der Waals surface area contributed by atoms with Crippen LogP contribution in [0.25, 0.3) is 0 Å². The lowest BCUT2D eigenvalue weighted by Gasteiger charge is -2.33. The number of nitrogens with one attached hydrogen (secondary N) is 2. The van der Waals surface area contributed by atoms with Crippen LogP contribution in [0.15, 0.2) is 42.5 Å². The molecule has 1 heterocycles. The summed E-state index contributed by atoms with van der Waals surface area (Å²) in [4.78, 5) is 29.0. The van der Waals surface area contributed by atoms with Crippen LogP contribution in [0.5, 0.6) is 5.75 Å². The summed E-state index contributed by atoms with van der Waals surface area (Å²) >= 11 is 0. The largest absolute Gasteiger partial charge is 0.573 e. The number of anilines is 2. The zero-order valence-electron chi connectivity index (χ0n) is 20.1. The number of benzene rings is 2. The lowest BCUT2D eigenvalue weighted by Crippen LogP contribution is -2.50. The molecule has 35 heavy (non-hydrogen) atoms. The van der Waals surface area contributed by atoms with Crippen molar-refractivity contribution in [3.05, 3.63) is 53.6 Å². The normalized spacial score (nSPS) is 15.2. The highest BCUT2D eigenvalue weighted by Crippen LogP contribution is 2.27. The number of hydrogen-bond donors (Lipinski definition) is 2. The molecule has 7 nitrogen and oxygen atoms in total. The molecule has 190 valence electrons. The second-order valence-electron chi connectivity index (χ2n) is 8.91. The van der Waals surface area contributed by atoms with Crippen molar-refractivity contribution in [1.82, 2.24) is 9.80 Å². The number of hydrogen-bond acceptors (Lipinski definition) is 5. The minimum absolute atomic E-state index is 0.0645.